The van der Waals surface area contributed by atoms with Crippen molar-refractivity contribution >= 4 is 34.5 Å². The molecule has 0 unspecified atom stereocenters. The molecule has 1 saturated carbocycles. The molecular formula is C24H24N4O3. The molecule has 0 radical (unpaired) electrons. The zero-order valence-corrected chi connectivity index (χ0v) is 17.0. The van der Waals surface area contributed by atoms with Crippen LogP contribution in [0.25, 0.3) is 10.8 Å². The third-order valence-corrected chi connectivity index (χ3v) is 5.45. The first-order chi connectivity index (χ1) is 15.0. The Morgan fingerprint density at radius 3 is 2.48 bits per heavy atom. The monoisotopic (exact) mass is 416 g/mol. The Labute approximate surface area is 180 Å². The number of fused-ring (bicyclic) bond motifs is 1. The lowest BCUT2D eigenvalue weighted by Gasteiger charge is -2.17. The molecule has 0 heterocycles. The fourth-order valence-corrected chi connectivity index (χ4v) is 3.86. The molecule has 2 amide bonds. The first kappa shape index (κ1) is 20.4. The molecule has 0 aromatic heterocycles. The summed E-state index contributed by atoms with van der Waals surface area (Å²) in [5, 5.41) is 8.32. The molecule has 7 nitrogen and oxygen atoms in total. The Bertz CT molecular complexity index is 1170. The van der Waals surface area contributed by atoms with E-state index in [4.69, 9.17) is 16.3 Å². The number of hydrogen-bond acceptors (Lipinski definition) is 5. The second-order valence-electron chi connectivity index (χ2n) is 7.65. The summed E-state index contributed by atoms with van der Waals surface area (Å²) in [6, 6.07) is 16.1. The molecule has 5 N–H and O–H groups in total. The Hall–Kier alpha value is -3.87. The maximum Gasteiger partial charge on any atom is 0.255 e. The summed E-state index contributed by atoms with van der Waals surface area (Å²) in [6.45, 7) is 0. The summed E-state index contributed by atoms with van der Waals surface area (Å²) < 4.78 is 6.01. The van der Waals surface area contributed by atoms with Crippen LogP contribution in [-0.4, -0.2) is 24.1 Å². The van der Waals surface area contributed by atoms with Crippen molar-refractivity contribution in [3.63, 3.8) is 0 Å². The smallest absolute Gasteiger partial charge is 0.255 e. The van der Waals surface area contributed by atoms with Crippen LogP contribution >= 0.6 is 0 Å². The highest BCUT2D eigenvalue weighted by molar-refractivity contribution is 6.07. The van der Waals surface area contributed by atoms with E-state index in [1.54, 1.807) is 30.5 Å². The lowest BCUT2D eigenvalue weighted by Crippen LogP contribution is -2.18. The second kappa shape index (κ2) is 8.87. The fourth-order valence-electron chi connectivity index (χ4n) is 3.86. The van der Waals surface area contributed by atoms with E-state index in [1.807, 2.05) is 30.3 Å². The normalized spacial score (nSPS) is 14.2. The van der Waals surface area contributed by atoms with E-state index in [0.29, 0.717) is 22.6 Å². The molecule has 1 aliphatic rings. The highest BCUT2D eigenvalue weighted by Crippen LogP contribution is 2.29. The number of carbonyl (C=O) groups excluding carboxylic acids is 2. The van der Waals surface area contributed by atoms with E-state index in [-0.39, 0.29) is 12.0 Å². The van der Waals surface area contributed by atoms with Gasteiger partial charge < -0.3 is 21.6 Å². The van der Waals surface area contributed by atoms with Gasteiger partial charge in [-0.3, -0.25) is 9.59 Å². The van der Waals surface area contributed by atoms with Crippen LogP contribution in [0.5, 0.6) is 5.75 Å². The maximum atomic E-state index is 12.8. The van der Waals surface area contributed by atoms with Gasteiger partial charge in [0.15, 0.2) is 0 Å². The van der Waals surface area contributed by atoms with Crippen LogP contribution in [0.15, 0.2) is 59.7 Å². The molecule has 4 rings (SSSR count). The predicted octanol–water partition coefficient (Wildman–Crippen LogP) is 3.81. The summed E-state index contributed by atoms with van der Waals surface area (Å²) in [7, 11) is 0. The number of rotatable bonds is 6. The van der Waals surface area contributed by atoms with E-state index in [2.05, 4.69) is 10.4 Å². The van der Waals surface area contributed by atoms with Crippen LogP contribution in [0.1, 0.15) is 52.0 Å². The van der Waals surface area contributed by atoms with Crippen molar-refractivity contribution < 1.29 is 14.3 Å². The zero-order chi connectivity index (χ0) is 21.8. The highest BCUT2D eigenvalue weighted by atomic mass is 16.5. The summed E-state index contributed by atoms with van der Waals surface area (Å²) >= 11 is 0. The third-order valence-electron chi connectivity index (χ3n) is 5.45. The van der Waals surface area contributed by atoms with Gasteiger partial charge in [0.2, 0.25) is 0 Å². The number of nitrogens with one attached hydrogen (secondary N) is 1. The van der Waals surface area contributed by atoms with E-state index < -0.39 is 5.91 Å². The average molecular weight is 416 g/mol. The minimum atomic E-state index is -0.556. The number of anilines is 1. The standard InChI is InChI=1S/C24H24N4O3/c25-23(29)21-10-9-19(13-22(21)31-20-3-1-2-4-20)28-24(30)18-8-7-16-11-15(14-27-26)5-6-17(16)12-18/h5-14,20H,1-4,26H2,(H2,25,29)(H,28,30). The summed E-state index contributed by atoms with van der Waals surface area (Å²) in [4.78, 5) is 24.6. The molecule has 31 heavy (non-hydrogen) atoms. The van der Waals surface area contributed by atoms with Gasteiger partial charge in [-0.15, -0.1) is 0 Å². The number of hydrazone groups is 1. The number of carbonyl (C=O) groups is 2. The Morgan fingerprint density at radius 2 is 1.74 bits per heavy atom. The zero-order valence-electron chi connectivity index (χ0n) is 17.0. The van der Waals surface area contributed by atoms with Crippen LogP contribution in [0.3, 0.4) is 0 Å². The van der Waals surface area contributed by atoms with E-state index >= 15 is 0 Å². The van der Waals surface area contributed by atoms with Gasteiger partial charge in [-0.1, -0.05) is 18.2 Å². The second-order valence-corrected chi connectivity index (χ2v) is 7.65. The molecule has 1 aliphatic carbocycles. The summed E-state index contributed by atoms with van der Waals surface area (Å²) in [5.74, 6) is 4.80. The van der Waals surface area contributed by atoms with Gasteiger partial charge >= 0.3 is 0 Å². The van der Waals surface area contributed by atoms with Crippen molar-refractivity contribution in [3.8, 4) is 5.75 Å². The molecule has 3 aromatic carbocycles. The Kier molecular flexibility index (Phi) is 5.84. The Morgan fingerprint density at radius 1 is 1.00 bits per heavy atom. The highest BCUT2D eigenvalue weighted by Gasteiger charge is 2.20. The number of amides is 2. The number of hydrogen-bond donors (Lipinski definition) is 3. The molecule has 3 aromatic rings. The van der Waals surface area contributed by atoms with Gasteiger partial charge in [0.1, 0.15) is 5.75 Å². The molecule has 0 bridgehead atoms. The fraction of sp³-hybridized carbons (Fsp3) is 0.208. The van der Waals surface area contributed by atoms with Crippen molar-refractivity contribution in [3.05, 3.63) is 71.3 Å². The molecule has 158 valence electrons. The minimum Gasteiger partial charge on any atom is -0.490 e. The summed E-state index contributed by atoms with van der Waals surface area (Å²) in [5.41, 5.74) is 7.75. The minimum absolute atomic E-state index is 0.0683. The van der Waals surface area contributed by atoms with Crippen LogP contribution in [0.2, 0.25) is 0 Å². The van der Waals surface area contributed by atoms with Gasteiger partial charge in [-0.25, -0.2) is 0 Å². The molecule has 0 aliphatic heterocycles. The SMILES string of the molecule is NN=Cc1ccc2cc(C(=O)Nc3ccc(C(N)=O)c(OC4CCCC4)c3)ccc2c1. The summed E-state index contributed by atoms with van der Waals surface area (Å²) in [6.07, 6.45) is 5.75. The van der Waals surface area contributed by atoms with E-state index in [1.165, 1.54) is 0 Å². The average Bonchev–Trinajstić information content (AvgIpc) is 3.26. The van der Waals surface area contributed by atoms with Crippen molar-refractivity contribution in [1.29, 1.82) is 0 Å². The van der Waals surface area contributed by atoms with E-state index in [9.17, 15) is 9.59 Å². The van der Waals surface area contributed by atoms with Crippen LogP contribution in [0, 0.1) is 0 Å². The first-order valence-corrected chi connectivity index (χ1v) is 10.2. The Balaban J connectivity index is 1.55. The third kappa shape index (κ3) is 4.66. The molecule has 0 saturated heterocycles. The van der Waals surface area contributed by atoms with Crippen molar-refractivity contribution in [2.24, 2.45) is 16.7 Å². The van der Waals surface area contributed by atoms with Gasteiger partial charge in [0, 0.05) is 17.3 Å². The van der Waals surface area contributed by atoms with Crippen molar-refractivity contribution in [2.45, 2.75) is 31.8 Å². The number of nitrogens with two attached hydrogens (primary N) is 2. The predicted molar refractivity (Wildman–Crippen MR) is 122 cm³/mol. The molecule has 1 fully saturated rings. The van der Waals surface area contributed by atoms with Crippen LogP contribution in [0.4, 0.5) is 5.69 Å². The lowest BCUT2D eigenvalue weighted by atomic mass is 10.0. The van der Waals surface area contributed by atoms with Crippen molar-refractivity contribution in [2.75, 3.05) is 5.32 Å². The maximum absolute atomic E-state index is 12.8. The number of benzene rings is 3. The first-order valence-electron chi connectivity index (χ1n) is 10.2. The van der Waals surface area contributed by atoms with Gasteiger partial charge in [-0.2, -0.15) is 5.10 Å². The number of ether oxygens (including phenoxy) is 1. The number of nitrogens with zero attached hydrogens (tertiary/aromatic N) is 1. The van der Waals surface area contributed by atoms with Crippen LogP contribution in [-0.2, 0) is 0 Å². The van der Waals surface area contributed by atoms with Crippen LogP contribution < -0.4 is 21.6 Å². The molecular weight excluding hydrogens is 392 g/mol. The molecule has 7 heteroatoms. The topological polar surface area (TPSA) is 120 Å². The lowest BCUT2D eigenvalue weighted by molar-refractivity contribution is 0.0991. The quantitative estimate of drug-likeness (QED) is 0.321. The molecule has 0 atom stereocenters. The van der Waals surface area contributed by atoms with E-state index in [0.717, 1.165) is 42.0 Å². The van der Waals surface area contributed by atoms with Gasteiger partial charge in [0.05, 0.1) is 17.9 Å². The number of primary amides is 1. The van der Waals surface area contributed by atoms with Gasteiger partial charge in [0.25, 0.3) is 11.8 Å². The largest absolute Gasteiger partial charge is 0.490 e. The molecule has 0 spiro atoms. The van der Waals surface area contributed by atoms with Gasteiger partial charge in [-0.05, 0) is 72.4 Å². The van der Waals surface area contributed by atoms with Crippen molar-refractivity contribution in [1.82, 2.24) is 0 Å².